The van der Waals surface area contributed by atoms with Gasteiger partial charge in [-0.3, -0.25) is 0 Å². The van der Waals surface area contributed by atoms with Gasteiger partial charge >= 0.3 is 0 Å². The average Bonchev–Trinajstić information content (AvgIpc) is 2.78. The molecule has 4 aromatic carbocycles. The largest absolute Gasteiger partial charge is 0.508 e. The van der Waals surface area contributed by atoms with Gasteiger partial charge in [-0.1, -0.05) is 90.5 Å². The van der Waals surface area contributed by atoms with Crippen LogP contribution in [0.25, 0.3) is 34.4 Å². The van der Waals surface area contributed by atoms with Crippen LogP contribution in [0.2, 0.25) is 0 Å². The van der Waals surface area contributed by atoms with Crippen LogP contribution in [-0.4, -0.2) is 5.11 Å². The van der Waals surface area contributed by atoms with E-state index in [2.05, 4.69) is 92.7 Å². The fraction of sp³-hybridized carbons (Fsp3) is 0.133. The molecule has 0 amide bonds. The predicted molar refractivity (Wildman–Crippen MR) is 133 cm³/mol. The Balaban J connectivity index is 1.55. The van der Waals surface area contributed by atoms with Gasteiger partial charge in [-0.25, -0.2) is 0 Å². The molecule has 0 aliphatic heterocycles. The summed E-state index contributed by atoms with van der Waals surface area (Å²) in [6, 6.07) is 27.8. The van der Waals surface area contributed by atoms with Gasteiger partial charge in [-0.2, -0.15) is 0 Å². The van der Waals surface area contributed by atoms with Gasteiger partial charge in [0.2, 0.25) is 0 Å². The maximum atomic E-state index is 9.84. The summed E-state index contributed by atoms with van der Waals surface area (Å²) in [6.07, 6.45) is 4.23. The Hall–Kier alpha value is -3.58. The third kappa shape index (κ3) is 4.46. The van der Waals surface area contributed by atoms with Crippen molar-refractivity contribution in [1.29, 1.82) is 0 Å². The van der Waals surface area contributed by atoms with E-state index in [-0.39, 0.29) is 0 Å². The fourth-order valence-electron chi connectivity index (χ4n) is 3.88. The molecule has 1 nitrogen and oxygen atoms in total. The molecule has 0 saturated carbocycles. The molecular weight excluding hydrogens is 376 g/mol. The minimum Gasteiger partial charge on any atom is -0.508 e. The number of rotatable bonds is 4. The van der Waals surface area contributed by atoms with E-state index in [1.165, 1.54) is 33.4 Å². The number of phenols is 1. The van der Waals surface area contributed by atoms with Crippen LogP contribution in [0.3, 0.4) is 0 Å². The van der Waals surface area contributed by atoms with Crippen LogP contribution in [0.15, 0.2) is 78.9 Å². The second-order valence-electron chi connectivity index (χ2n) is 8.27. The van der Waals surface area contributed by atoms with E-state index in [4.69, 9.17) is 0 Å². The third-order valence-corrected chi connectivity index (χ3v) is 6.09. The molecule has 0 saturated heterocycles. The van der Waals surface area contributed by atoms with Gasteiger partial charge in [-0.05, 0) is 83.8 Å². The highest BCUT2D eigenvalue weighted by Gasteiger charge is 2.06. The summed E-state index contributed by atoms with van der Waals surface area (Å²) in [7, 11) is 0. The van der Waals surface area contributed by atoms with Crippen LogP contribution in [-0.2, 0) is 0 Å². The van der Waals surface area contributed by atoms with Gasteiger partial charge in [0.15, 0.2) is 0 Å². The Bertz CT molecular complexity index is 1240. The summed E-state index contributed by atoms with van der Waals surface area (Å²) in [5, 5.41) is 9.84. The van der Waals surface area contributed by atoms with Gasteiger partial charge in [0, 0.05) is 0 Å². The van der Waals surface area contributed by atoms with E-state index in [0.717, 1.165) is 22.3 Å². The van der Waals surface area contributed by atoms with Gasteiger partial charge in [0.25, 0.3) is 0 Å². The first-order chi connectivity index (χ1) is 14.9. The molecule has 1 heteroatoms. The van der Waals surface area contributed by atoms with E-state index >= 15 is 0 Å². The highest BCUT2D eigenvalue weighted by Crippen LogP contribution is 2.29. The number of aryl methyl sites for hydroxylation is 2. The molecule has 0 fully saturated rings. The lowest BCUT2D eigenvalue weighted by molar-refractivity contribution is 0.470. The van der Waals surface area contributed by atoms with Crippen LogP contribution in [0.5, 0.6) is 5.75 Å². The number of aromatic hydroxyl groups is 1. The summed E-state index contributed by atoms with van der Waals surface area (Å²) in [5.41, 5.74) is 11.9. The van der Waals surface area contributed by atoms with Crippen LogP contribution in [0.1, 0.15) is 33.4 Å². The van der Waals surface area contributed by atoms with Crippen molar-refractivity contribution in [3.63, 3.8) is 0 Å². The monoisotopic (exact) mass is 404 g/mol. The Morgan fingerprint density at radius 3 is 1.90 bits per heavy atom. The molecule has 4 rings (SSSR count). The van der Waals surface area contributed by atoms with E-state index in [1.54, 1.807) is 6.07 Å². The average molecular weight is 405 g/mol. The van der Waals surface area contributed by atoms with Crippen molar-refractivity contribution in [1.82, 2.24) is 0 Å². The number of benzene rings is 4. The quantitative estimate of drug-likeness (QED) is 0.340. The lowest BCUT2D eigenvalue weighted by Crippen LogP contribution is -1.87. The molecule has 0 aliphatic rings. The smallest absolute Gasteiger partial charge is 0.118 e. The van der Waals surface area contributed by atoms with Gasteiger partial charge < -0.3 is 5.11 Å². The Labute approximate surface area is 185 Å². The molecule has 0 atom stereocenters. The van der Waals surface area contributed by atoms with Crippen molar-refractivity contribution >= 4 is 12.2 Å². The van der Waals surface area contributed by atoms with Gasteiger partial charge in [0.1, 0.15) is 5.75 Å². The van der Waals surface area contributed by atoms with Crippen molar-refractivity contribution in [3.05, 3.63) is 112 Å². The molecule has 0 aromatic heterocycles. The number of hydrogen-bond donors (Lipinski definition) is 1. The second-order valence-corrected chi connectivity index (χ2v) is 8.27. The van der Waals surface area contributed by atoms with E-state index < -0.39 is 0 Å². The maximum absolute atomic E-state index is 9.84. The van der Waals surface area contributed by atoms with Crippen molar-refractivity contribution in [2.24, 2.45) is 0 Å². The number of phenolic OH excluding ortho intramolecular Hbond substituents is 1. The molecule has 0 spiro atoms. The summed E-state index contributed by atoms with van der Waals surface area (Å²) < 4.78 is 0. The lowest BCUT2D eigenvalue weighted by atomic mass is 9.95. The lowest BCUT2D eigenvalue weighted by Gasteiger charge is -2.10. The zero-order valence-corrected chi connectivity index (χ0v) is 18.6. The standard InChI is InChI=1S/C30H28O/c1-20-5-10-27(11-6-20)29-17-15-28(19-21(29)2)26-13-8-24(9-14-26)7-12-25-16-18-30(31)23(4)22(25)3/h5-19,31H,1-4H3/b12-7+. The molecule has 0 unspecified atom stereocenters. The minimum absolute atomic E-state index is 0.350. The predicted octanol–water partition coefficient (Wildman–Crippen LogP) is 8.13. The van der Waals surface area contributed by atoms with Crippen LogP contribution in [0.4, 0.5) is 0 Å². The summed E-state index contributed by atoms with van der Waals surface area (Å²) in [4.78, 5) is 0. The summed E-state index contributed by atoms with van der Waals surface area (Å²) >= 11 is 0. The molecule has 154 valence electrons. The van der Waals surface area contributed by atoms with E-state index in [9.17, 15) is 5.11 Å². The number of hydrogen-bond acceptors (Lipinski definition) is 1. The highest BCUT2D eigenvalue weighted by atomic mass is 16.3. The topological polar surface area (TPSA) is 20.2 Å². The molecular formula is C30H28O. The highest BCUT2D eigenvalue weighted by molar-refractivity contribution is 5.76. The second kappa shape index (κ2) is 8.65. The third-order valence-electron chi connectivity index (χ3n) is 6.09. The first-order valence-corrected chi connectivity index (χ1v) is 10.7. The Morgan fingerprint density at radius 2 is 1.23 bits per heavy atom. The minimum atomic E-state index is 0.350. The summed E-state index contributed by atoms with van der Waals surface area (Å²) in [5.74, 6) is 0.350. The molecule has 1 N–H and O–H groups in total. The molecule has 31 heavy (non-hydrogen) atoms. The first-order valence-electron chi connectivity index (χ1n) is 10.7. The molecule has 0 bridgehead atoms. The maximum Gasteiger partial charge on any atom is 0.118 e. The Morgan fingerprint density at radius 1 is 0.581 bits per heavy atom. The zero-order chi connectivity index (χ0) is 22.0. The van der Waals surface area contributed by atoms with Crippen LogP contribution >= 0.6 is 0 Å². The van der Waals surface area contributed by atoms with Gasteiger partial charge in [-0.15, -0.1) is 0 Å². The fourth-order valence-corrected chi connectivity index (χ4v) is 3.88. The SMILES string of the molecule is Cc1ccc(-c2ccc(-c3ccc(/C=C/c4ccc(O)c(C)c4C)cc3)cc2C)cc1. The first kappa shape index (κ1) is 20.7. The summed E-state index contributed by atoms with van der Waals surface area (Å²) in [6.45, 7) is 8.28. The zero-order valence-electron chi connectivity index (χ0n) is 18.6. The van der Waals surface area contributed by atoms with Crippen LogP contribution < -0.4 is 0 Å². The van der Waals surface area contributed by atoms with E-state index in [1.807, 2.05) is 19.9 Å². The molecule has 0 radical (unpaired) electrons. The molecule has 0 aliphatic carbocycles. The molecule has 0 heterocycles. The van der Waals surface area contributed by atoms with Crippen molar-refractivity contribution in [3.8, 4) is 28.0 Å². The van der Waals surface area contributed by atoms with Crippen molar-refractivity contribution in [2.75, 3.05) is 0 Å². The van der Waals surface area contributed by atoms with E-state index in [0.29, 0.717) is 5.75 Å². The van der Waals surface area contributed by atoms with Crippen molar-refractivity contribution < 1.29 is 5.11 Å². The van der Waals surface area contributed by atoms with Crippen LogP contribution in [0, 0.1) is 27.7 Å². The van der Waals surface area contributed by atoms with Crippen molar-refractivity contribution in [2.45, 2.75) is 27.7 Å². The normalized spacial score (nSPS) is 11.2. The Kier molecular flexibility index (Phi) is 5.77. The van der Waals surface area contributed by atoms with Gasteiger partial charge in [0.05, 0.1) is 0 Å². The molecule has 4 aromatic rings.